The third kappa shape index (κ3) is 3.55. The van der Waals surface area contributed by atoms with E-state index < -0.39 is 4.92 Å². The van der Waals surface area contributed by atoms with E-state index in [4.69, 9.17) is 0 Å². The molecule has 8 nitrogen and oxygen atoms in total. The van der Waals surface area contributed by atoms with Gasteiger partial charge < -0.3 is 5.11 Å². The number of aryl methyl sites for hydroxylation is 2. The number of rotatable bonds is 5. The number of phenols is 1. The number of aromatic hydroxyl groups is 1. The molecule has 0 saturated heterocycles. The molecule has 1 N–H and O–H groups in total. The molecule has 27 heavy (non-hydrogen) atoms. The van der Waals surface area contributed by atoms with Gasteiger partial charge in [-0.2, -0.15) is 9.78 Å². The smallest absolute Gasteiger partial charge is 0.282 e. The Morgan fingerprint density at radius 3 is 2.78 bits per heavy atom. The maximum atomic E-state index is 12.8. The van der Waals surface area contributed by atoms with Gasteiger partial charge in [-0.1, -0.05) is 19.1 Å². The molecule has 0 spiro atoms. The molecule has 2 aromatic carbocycles. The number of hydrogen-bond donors (Lipinski definition) is 1. The van der Waals surface area contributed by atoms with E-state index >= 15 is 0 Å². The summed E-state index contributed by atoms with van der Waals surface area (Å²) in [4.78, 5) is 27.8. The van der Waals surface area contributed by atoms with Gasteiger partial charge in [0.05, 0.1) is 22.0 Å². The van der Waals surface area contributed by atoms with Crippen LogP contribution in [0.4, 0.5) is 5.69 Å². The maximum absolute atomic E-state index is 12.8. The maximum Gasteiger partial charge on any atom is 0.282 e. The first kappa shape index (κ1) is 18.2. The summed E-state index contributed by atoms with van der Waals surface area (Å²) in [5.74, 6) is 0.363. The van der Waals surface area contributed by atoms with Gasteiger partial charge in [-0.15, -0.1) is 0 Å². The monoisotopic (exact) mass is 366 g/mol. The third-order valence-corrected chi connectivity index (χ3v) is 4.13. The Kier molecular flexibility index (Phi) is 4.98. The van der Waals surface area contributed by atoms with Crippen molar-refractivity contribution in [1.82, 2.24) is 9.66 Å². The molecule has 0 aliphatic carbocycles. The highest BCUT2D eigenvalue weighted by atomic mass is 16.6. The van der Waals surface area contributed by atoms with Crippen molar-refractivity contribution in [2.24, 2.45) is 5.10 Å². The number of non-ortho nitro benzene ring substituents is 1. The molecule has 0 bridgehead atoms. The molecule has 8 heteroatoms. The highest BCUT2D eigenvalue weighted by molar-refractivity contribution is 5.85. The Labute approximate surface area is 154 Å². The molecule has 0 aliphatic heterocycles. The quantitative estimate of drug-likeness (QED) is 0.424. The van der Waals surface area contributed by atoms with Crippen LogP contribution in [0.1, 0.15) is 30.3 Å². The lowest BCUT2D eigenvalue weighted by atomic mass is 10.1. The van der Waals surface area contributed by atoms with Gasteiger partial charge in [0, 0.05) is 24.1 Å². The number of nitrogens with zero attached hydrogens (tertiary/aromatic N) is 4. The van der Waals surface area contributed by atoms with Crippen molar-refractivity contribution in [3.8, 4) is 5.75 Å². The average molecular weight is 366 g/mol. The summed E-state index contributed by atoms with van der Waals surface area (Å²) in [7, 11) is 0. The first-order valence-corrected chi connectivity index (χ1v) is 8.45. The summed E-state index contributed by atoms with van der Waals surface area (Å²) in [6.45, 7) is 3.52. The number of phenolic OH excluding ortho intramolecular Hbond substituents is 1. The molecule has 0 fully saturated rings. The summed E-state index contributed by atoms with van der Waals surface area (Å²) in [6, 6.07) is 9.47. The van der Waals surface area contributed by atoms with Crippen molar-refractivity contribution in [3.05, 3.63) is 73.8 Å². The number of para-hydroxylation sites is 1. The molecule has 138 valence electrons. The van der Waals surface area contributed by atoms with E-state index in [2.05, 4.69) is 10.1 Å². The van der Waals surface area contributed by atoms with Gasteiger partial charge in [0.25, 0.3) is 11.2 Å². The Balaban J connectivity index is 2.16. The van der Waals surface area contributed by atoms with Crippen LogP contribution in [0.15, 0.2) is 46.3 Å². The fraction of sp³-hybridized carbons (Fsp3) is 0.211. The van der Waals surface area contributed by atoms with Gasteiger partial charge in [0.1, 0.15) is 11.6 Å². The van der Waals surface area contributed by atoms with Gasteiger partial charge in [-0.25, -0.2) is 4.98 Å². The Hall–Kier alpha value is -3.55. The molecule has 1 heterocycles. The topological polar surface area (TPSA) is 111 Å². The van der Waals surface area contributed by atoms with Crippen molar-refractivity contribution in [2.45, 2.75) is 26.7 Å². The minimum Gasteiger partial charge on any atom is -0.507 e. The second-order valence-electron chi connectivity index (χ2n) is 6.11. The lowest BCUT2D eigenvalue weighted by molar-refractivity contribution is -0.384. The zero-order chi connectivity index (χ0) is 19.6. The molecule has 3 aromatic rings. The zero-order valence-electron chi connectivity index (χ0n) is 14.9. The third-order valence-electron chi connectivity index (χ3n) is 4.13. The van der Waals surface area contributed by atoms with Crippen molar-refractivity contribution in [2.75, 3.05) is 0 Å². The van der Waals surface area contributed by atoms with Crippen LogP contribution in [0.3, 0.4) is 0 Å². The Morgan fingerprint density at radius 1 is 1.33 bits per heavy atom. The minimum atomic E-state index is -0.546. The van der Waals surface area contributed by atoms with Gasteiger partial charge in [0.15, 0.2) is 0 Å². The highest BCUT2D eigenvalue weighted by Gasteiger charge is 2.14. The van der Waals surface area contributed by atoms with Gasteiger partial charge in [-0.05, 0) is 31.0 Å². The fourth-order valence-corrected chi connectivity index (χ4v) is 2.79. The minimum absolute atomic E-state index is 0.122. The largest absolute Gasteiger partial charge is 0.507 e. The summed E-state index contributed by atoms with van der Waals surface area (Å²) >= 11 is 0. The SMILES string of the molecule is CCCc1nc2ccccc2c(=O)n1/N=C/c1cc([N+](=O)[O-])cc(C)c1O. The first-order valence-electron chi connectivity index (χ1n) is 8.45. The van der Waals surface area contributed by atoms with Crippen molar-refractivity contribution < 1.29 is 10.0 Å². The second kappa shape index (κ2) is 7.36. The van der Waals surface area contributed by atoms with Crippen LogP contribution in [-0.2, 0) is 6.42 Å². The van der Waals surface area contributed by atoms with Gasteiger partial charge in [-0.3, -0.25) is 14.9 Å². The molecule has 0 aliphatic rings. The molecule has 3 rings (SSSR count). The predicted molar refractivity (Wildman–Crippen MR) is 102 cm³/mol. The predicted octanol–water partition coefficient (Wildman–Crippen LogP) is 3.15. The van der Waals surface area contributed by atoms with Crippen molar-refractivity contribution in [1.29, 1.82) is 0 Å². The summed E-state index contributed by atoms with van der Waals surface area (Å²) < 4.78 is 1.18. The lowest BCUT2D eigenvalue weighted by Gasteiger charge is -2.08. The molecule has 0 atom stereocenters. The number of aromatic nitrogens is 2. The lowest BCUT2D eigenvalue weighted by Crippen LogP contribution is -2.22. The van der Waals surface area contributed by atoms with Gasteiger partial charge >= 0.3 is 0 Å². The molecule has 0 saturated carbocycles. The fourth-order valence-electron chi connectivity index (χ4n) is 2.79. The van der Waals surface area contributed by atoms with E-state index in [-0.39, 0.29) is 22.6 Å². The van der Waals surface area contributed by atoms with Crippen LogP contribution < -0.4 is 5.56 Å². The van der Waals surface area contributed by atoms with Crippen LogP contribution in [0.2, 0.25) is 0 Å². The van der Waals surface area contributed by atoms with E-state index in [0.29, 0.717) is 28.7 Å². The van der Waals surface area contributed by atoms with Crippen LogP contribution in [0, 0.1) is 17.0 Å². The van der Waals surface area contributed by atoms with Crippen LogP contribution in [-0.4, -0.2) is 25.9 Å². The summed E-state index contributed by atoms with van der Waals surface area (Å²) in [5, 5.41) is 25.8. The van der Waals surface area contributed by atoms with E-state index in [1.165, 1.54) is 23.0 Å². The summed E-state index contributed by atoms with van der Waals surface area (Å²) in [6.07, 6.45) is 2.55. The molecular weight excluding hydrogens is 348 g/mol. The number of nitro benzene ring substituents is 1. The standard InChI is InChI=1S/C19H18N4O4/c1-3-6-17-21-16-8-5-4-7-15(16)19(25)22(17)20-11-13-10-14(23(26)27)9-12(2)18(13)24/h4-5,7-11,24H,3,6H2,1-2H3/b20-11+. The normalized spacial score (nSPS) is 11.3. The van der Waals surface area contributed by atoms with E-state index in [1.54, 1.807) is 25.1 Å². The molecule has 0 unspecified atom stereocenters. The highest BCUT2D eigenvalue weighted by Crippen LogP contribution is 2.26. The van der Waals surface area contributed by atoms with E-state index in [1.807, 2.05) is 13.0 Å². The van der Waals surface area contributed by atoms with Crippen LogP contribution in [0.5, 0.6) is 5.75 Å². The number of fused-ring (bicyclic) bond motifs is 1. The number of hydrogen-bond acceptors (Lipinski definition) is 6. The molecule has 0 amide bonds. The summed E-state index contributed by atoms with van der Waals surface area (Å²) in [5.41, 5.74) is 0.602. The number of benzene rings is 2. The van der Waals surface area contributed by atoms with Crippen molar-refractivity contribution in [3.63, 3.8) is 0 Å². The van der Waals surface area contributed by atoms with Crippen LogP contribution >= 0.6 is 0 Å². The van der Waals surface area contributed by atoms with Gasteiger partial charge in [0.2, 0.25) is 0 Å². The average Bonchev–Trinajstić information content (AvgIpc) is 2.64. The Morgan fingerprint density at radius 2 is 2.07 bits per heavy atom. The van der Waals surface area contributed by atoms with E-state index in [0.717, 1.165) is 6.42 Å². The Bertz CT molecular complexity index is 1120. The van der Waals surface area contributed by atoms with Crippen molar-refractivity contribution >= 4 is 22.8 Å². The second-order valence-corrected chi connectivity index (χ2v) is 6.11. The molecule has 1 aromatic heterocycles. The van der Waals surface area contributed by atoms with Crippen LogP contribution in [0.25, 0.3) is 10.9 Å². The first-order chi connectivity index (χ1) is 12.9. The number of nitro groups is 1. The zero-order valence-corrected chi connectivity index (χ0v) is 14.9. The molecular formula is C19H18N4O4. The van der Waals surface area contributed by atoms with E-state index in [9.17, 15) is 20.0 Å². The molecule has 0 radical (unpaired) electrons.